The van der Waals surface area contributed by atoms with Gasteiger partial charge in [0, 0.05) is 45.5 Å². The van der Waals surface area contributed by atoms with E-state index in [1.54, 1.807) is 0 Å². The van der Waals surface area contributed by atoms with Crippen LogP contribution in [-0.4, -0.2) is 58.0 Å². The maximum absolute atomic E-state index is 5.81. The van der Waals surface area contributed by atoms with Crippen LogP contribution in [0.5, 0.6) is 0 Å². The minimum Gasteiger partial charge on any atom is -0.353 e. The van der Waals surface area contributed by atoms with Gasteiger partial charge in [-0.05, 0) is 37.8 Å². The van der Waals surface area contributed by atoms with Crippen molar-refractivity contribution in [1.82, 2.24) is 0 Å². The lowest BCUT2D eigenvalue weighted by molar-refractivity contribution is -0.129. The van der Waals surface area contributed by atoms with E-state index in [9.17, 15) is 0 Å². The fourth-order valence-electron chi connectivity index (χ4n) is 2.23. The smallest absolute Gasteiger partial charge is 0.154 e. The molecule has 0 rings (SSSR count). The van der Waals surface area contributed by atoms with Crippen LogP contribution in [0.2, 0.25) is 17.8 Å². The third-order valence-electron chi connectivity index (χ3n) is 3.41. The molecule has 0 bridgehead atoms. The molecule has 23 heavy (non-hydrogen) atoms. The average Bonchev–Trinajstić information content (AvgIpc) is 2.57. The topological polar surface area (TPSA) is 36.9 Å². The molecule has 0 fully saturated rings. The monoisotopic (exact) mass is 364 g/mol. The van der Waals surface area contributed by atoms with Gasteiger partial charge >= 0.3 is 0 Å². The highest BCUT2D eigenvalue weighted by Crippen LogP contribution is 2.07. The number of rotatable bonds is 18. The van der Waals surface area contributed by atoms with Crippen LogP contribution in [0.1, 0.15) is 53.4 Å². The third-order valence-corrected chi connectivity index (χ3v) is 9.17. The first kappa shape index (κ1) is 23.3. The van der Waals surface area contributed by atoms with Crippen molar-refractivity contribution in [3.63, 3.8) is 0 Å². The summed E-state index contributed by atoms with van der Waals surface area (Å²) >= 11 is 0. The van der Waals surface area contributed by atoms with E-state index in [4.69, 9.17) is 18.9 Å². The Morgan fingerprint density at radius 1 is 0.565 bits per heavy atom. The van der Waals surface area contributed by atoms with Gasteiger partial charge in [0.2, 0.25) is 0 Å². The summed E-state index contributed by atoms with van der Waals surface area (Å²) in [6.07, 6.45) is 4.36. The van der Waals surface area contributed by atoms with Crippen LogP contribution >= 0.6 is 0 Å². The summed E-state index contributed by atoms with van der Waals surface area (Å²) in [5.74, 6) is 0. The first-order valence-corrected chi connectivity index (χ1v) is 13.7. The predicted molar refractivity (Wildman–Crippen MR) is 104 cm³/mol. The normalized spacial score (nSPS) is 12.8. The van der Waals surface area contributed by atoms with E-state index >= 15 is 0 Å². The molecule has 0 aliphatic carbocycles. The highest BCUT2D eigenvalue weighted by molar-refractivity contribution is 6.55. The fourth-order valence-corrected chi connectivity index (χ4v) is 7.28. The molecule has 0 aromatic heterocycles. The molecule has 4 nitrogen and oxygen atoms in total. The molecule has 0 aliphatic rings. The molecule has 0 aromatic carbocycles. The maximum atomic E-state index is 5.81. The average molecular weight is 365 g/mol. The van der Waals surface area contributed by atoms with E-state index in [1.165, 1.54) is 5.67 Å². The molecule has 0 spiro atoms. The highest BCUT2D eigenvalue weighted by Gasteiger charge is 2.11. The largest absolute Gasteiger partial charge is 0.353 e. The summed E-state index contributed by atoms with van der Waals surface area (Å²) in [6.45, 7) is 11.9. The van der Waals surface area contributed by atoms with Crippen molar-refractivity contribution in [2.75, 3.05) is 26.4 Å². The third kappa shape index (κ3) is 15.5. The first-order valence-electron chi connectivity index (χ1n) is 9.74. The lowest BCUT2D eigenvalue weighted by Crippen LogP contribution is -2.22. The van der Waals surface area contributed by atoms with Gasteiger partial charge in [0.25, 0.3) is 0 Å². The Hall–Kier alpha value is 0.274. The van der Waals surface area contributed by atoms with Crippen LogP contribution in [0.15, 0.2) is 0 Å². The molecule has 0 heterocycles. The van der Waals surface area contributed by atoms with E-state index in [0.29, 0.717) is 0 Å². The Kier molecular flexibility index (Phi) is 18.8. The zero-order valence-corrected chi connectivity index (χ0v) is 18.8. The predicted octanol–water partition coefficient (Wildman–Crippen LogP) is 2.90. The maximum Gasteiger partial charge on any atom is 0.154 e. The summed E-state index contributed by atoms with van der Waals surface area (Å²) in [6, 6.07) is 2.31. The van der Waals surface area contributed by atoms with Crippen molar-refractivity contribution in [3.05, 3.63) is 0 Å². The molecule has 0 aromatic rings. The summed E-state index contributed by atoms with van der Waals surface area (Å²) < 4.78 is 23.2. The Bertz CT molecular complexity index is 195. The number of hydrogen-bond donors (Lipinski definition) is 0. The molecule has 0 unspecified atom stereocenters. The van der Waals surface area contributed by atoms with E-state index in [-0.39, 0.29) is 31.6 Å². The standard InChI is InChI=1S/C17H40O4Si2/c1-5-9-18-16(19-10-6-2)13-22-15-23-14-17(20-11-7-3)21-12-8-4/h16-17H,5-15,22-23H2,1-4H3. The number of ether oxygens (including phenoxy) is 4. The van der Waals surface area contributed by atoms with Gasteiger partial charge in [0.1, 0.15) is 0 Å². The molecule has 0 N–H and O–H groups in total. The van der Waals surface area contributed by atoms with Crippen molar-refractivity contribution in [3.8, 4) is 0 Å². The zero-order valence-electron chi connectivity index (χ0n) is 16.0. The summed E-state index contributed by atoms with van der Waals surface area (Å²) in [7, 11) is -0.145. The summed E-state index contributed by atoms with van der Waals surface area (Å²) in [5.41, 5.74) is 1.45. The molecule has 0 saturated carbocycles. The Balaban J connectivity index is 3.81. The van der Waals surface area contributed by atoms with Crippen LogP contribution < -0.4 is 0 Å². The van der Waals surface area contributed by atoms with Crippen LogP contribution in [0, 0.1) is 0 Å². The van der Waals surface area contributed by atoms with E-state index in [0.717, 1.165) is 64.2 Å². The second-order valence-electron chi connectivity index (χ2n) is 5.98. The van der Waals surface area contributed by atoms with Crippen molar-refractivity contribution >= 4 is 19.0 Å². The SMILES string of the molecule is CCCOC(C[SiH2]C[SiH2]CC(OCCC)OCCC)OCCC. The molecule has 0 atom stereocenters. The van der Waals surface area contributed by atoms with Crippen molar-refractivity contribution in [1.29, 1.82) is 0 Å². The van der Waals surface area contributed by atoms with Crippen molar-refractivity contribution in [2.24, 2.45) is 0 Å². The molecule has 0 amide bonds. The van der Waals surface area contributed by atoms with E-state index < -0.39 is 0 Å². The molecular weight excluding hydrogens is 324 g/mol. The van der Waals surface area contributed by atoms with Gasteiger partial charge in [0.15, 0.2) is 12.6 Å². The van der Waals surface area contributed by atoms with Crippen LogP contribution in [0.25, 0.3) is 0 Å². The quantitative estimate of drug-likeness (QED) is 0.213. The van der Waals surface area contributed by atoms with Gasteiger partial charge in [-0.15, -0.1) is 0 Å². The van der Waals surface area contributed by atoms with Crippen LogP contribution in [0.4, 0.5) is 0 Å². The summed E-state index contributed by atoms with van der Waals surface area (Å²) in [5, 5.41) is 0. The van der Waals surface area contributed by atoms with E-state index in [2.05, 4.69) is 27.7 Å². The van der Waals surface area contributed by atoms with Gasteiger partial charge in [-0.2, -0.15) is 0 Å². The molecule has 6 heteroatoms. The van der Waals surface area contributed by atoms with Gasteiger partial charge in [-0.1, -0.05) is 33.4 Å². The molecule has 0 saturated heterocycles. The molecule has 140 valence electrons. The van der Waals surface area contributed by atoms with Gasteiger partial charge in [0.05, 0.1) is 0 Å². The lowest BCUT2D eigenvalue weighted by Gasteiger charge is -2.19. The molecular formula is C17H40O4Si2. The highest BCUT2D eigenvalue weighted by atomic mass is 28.3. The van der Waals surface area contributed by atoms with Gasteiger partial charge < -0.3 is 18.9 Å². The second kappa shape index (κ2) is 18.6. The Morgan fingerprint density at radius 2 is 0.870 bits per heavy atom. The van der Waals surface area contributed by atoms with Crippen LogP contribution in [-0.2, 0) is 18.9 Å². The zero-order chi connectivity index (χ0) is 17.2. The Labute approximate surface area is 148 Å². The minimum absolute atomic E-state index is 0.0547. The lowest BCUT2D eigenvalue weighted by atomic mass is 10.5. The molecule has 0 aliphatic heterocycles. The Morgan fingerprint density at radius 3 is 1.13 bits per heavy atom. The molecule has 0 radical (unpaired) electrons. The number of hydrogen-bond acceptors (Lipinski definition) is 4. The summed E-state index contributed by atoms with van der Waals surface area (Å²) in [4.78, 5) is 0. The van der Waals surface area contributed by atoms with Gasteiger partial charge in [-0.25, -0.2) is 0 Å². The first-order chi connectivity index (χ1) is 11.3. The van der Waals surface area contributed by atoms with E-state index in [1.807, 2.05) is 0 Å². The van der Waals surface area contributed by atoms with Crippen LogP contribution in [0.3, 0.4) is 0 Å². The second-order valence-corrected chi connectivity index (χ2v) is 11.4. The van der Waals surface area contributed by atoms with Crippen molar-refractivity contribution < 1.29 is 18.9 Å². The fraction of sp³-hybridized carbons (Fsp3) is 1.00. The van der Waals surface area contributed by atoms with Crippen molar-refractivity contribution in [2.45, 2.75) is 83.7 Å². The van der Waals surface area contributed by atoms with Gasteiger partial charge in [-0.3, -0.25) is 0 Å². The minimum atomic E-state index is -0.0727.